The maximum Gasteiger partial charge on any atom is 0.407 e. The van der Waals surface area contributed by atoms with Gasteiger partial charge in [-0.05, 0) is 12.0 Å². The van der Waals surface area contributed by atoms with Gasteiger partial charge in [-0.2, -0.15) is 0 Å². The molecule has 0 aromatic heterocycles. The van der Waals surface area contributed by atoms with Crippen molar-refractivity contribution in [2.24, 2.45) is 0 Å². The first kappa shape index (κ1) is 12.4. The molecule has 0 saturated carbocycles. The quantitative estimate of drug-likeness (QED) is 0.827. The SMILES string of the molecule is O=C1CC[C@@H](NC(=O)OCc2ccccc2)CO1. The highest BCUT2D eigenvalue weighted by Crippen LogP contribution is 2.08. The topological polar surface area (TPSA) is 64.6 Å². The molecular weight excluding hydrogens is 234 g/mol. The van der Waals surface area contributed by atoms with Gasteiger partial charge in [0.25, 0.3) is 0 Å². The Morgan fingerprint density at radius 2 is 2.17 bits per heavy atom. The molecule has 1 aromatic carbocycles. The third kappa shape index (κ3) is 3.76. The first-order valence-corrected chi connectivity index (χ1v) is 5.87. The van der Waals surface area contributed by atoms with Crippen molar-refractivity contribution >= 4 is 12.1 Å². The van der Waals surface area contributed by atoms with Crippen LogP contribution in [0.3, 0.4) is 0 Å². The predicted molar refractivity (Wildman–Crippen MR) is 63.7 cm³/mol. The number of benzene rings is 1. The number of alkyl carbamates (subject to hydrolysis) is 1. The Balaban J connectivity index is 1.71. The van der Waals surface area contributed by atoms with Crippen molar-refractivity contribution in [3.63, 3.8) is 0 Å². The fraction of sp³-hybridized carbons (Fsp3) is 0.385. The summed E-state index contributed by atoms with van der Waals surface area (Å²) >= 11 is 0. The van der Waals surface area contributed by atoms with Crippen LogP contribution in [-0.4, -0.2) is 24.7 Å². The molecule has 1 fully saturated rings. The molecule has 0 aliphatic carbocycles. The Hall–Kier alpha value is -2.04. The lowest BCUT2D eigenvalue weighted by atomic mass is 10.1. The molecule has 1 saturated heterocycles. The number of amides is 1. The number of esters is 1. The molecule has 5 heteroatoms. The lowest BCUT2D eigenvalue weighted by Crippen LogP contribution is -2.41. The van der Waals surface area contributed by atoms with E-state index in [1.807, 2.05) is 30.3 Å². The monoisotopic (exact) mass is 249 g/mol. The van der Waals surface area contributed by atoms with E-state index in [2.05, 4.69) is 5.32 Å². The molecule has 1 heterocycles. The Morgan fingerprint density at radius 1 is 1.39 bits per heavy atom. The molecule has 1 aliphatic rings. The van der Waals surface area contributed by atoms with Crippen LogP contribution in [0.1, 0.15) is 18.4 Å². The standard InChI is InChI=1S/C13H15NO4/c15-12-7-6-11(9-17-12)14-13(16)18-8-10-4-2-1-3-5-10/h1-5,11H,6-9H2,(H,14,16)/t11-/m1/s1. The van der Waals surface area contributed by atoms with Crippen molar-refractivity contribution in [1.29, 1.82) is 0 Å². The molecule has 5 nitrogen and oxygen atoms in total. The van der Waals surface area contributed by atoms with Gasteiger partial charge in [-0.15, -0.1) is 0 Å². The molecule has 0 spiro atoms. The fourth-order valence-electron chi connectivity index (χ4n) is 1.69. The Bertz CT molecular complexity index is 408. The second-order valence-electron chi connectivity index (χ2n) is 4.12. The summed E-state index contributed by atoms with van der Waals surface area (Å²) < 4.78 is 9.91. The largest absolute Gasteiger partial charge is 0.463 e. The highest BCUT2D eigenvalue weighted by atomic mass is 16.6. The summed E-state index contributed by atoms with van der Waals surface area (Å²) in [6, 6.07) is 9.30. The van der Waals surface area contributed by atoms with Gasteiger partial charge in [0.05, 0.1) is 6.04 Å². The zero-order chi connectivity index (χ0) is 12.8. The van der Waals surface area contributed by atoms with Crippen molar-refractivity contribution in [1.82, 2.24) is 5.32 Å². The van der Waals surface area contributed by atoms with Gasteiger partial charge in [-0.3, -0.25) is 4.79 Å². The average Bonchev–Trinajstić information content (AvgIpc) is 2.40. The van der Waals surface area contributed by atoms with E-state index in [4.69, 9.17) is 9.47 Å². The zero-order valence-corrected chi connectivity index (χ0v) is 9.93. The fourth-order valence-corrected chi connectivity index (χ4v) is 1.69. The third-order valence-electron chi connectivity index (χ3n) is 2.68. The Morgan fingerprint density at radius 3 is 2.83 bits per heavy atom. The van der Waals surface area contributed by atoms with Crippen molar-refractivity contribution in [3.05, 3.63) is 35.9 Å². The number of rotatable bonds is 3. The lowest BCUT2D eigenvalue weighted by Gasteiger charge is -2.22. The molecule has 96 valence electrons. The summed E-state index contributed by atoms with van der Waals surface area (Å²) in [5.41, 5.74) is 0.933. The summed E-state index contributed by atoms with van der Waals surface area (Å²) in [6.45, 7) is 0.457. The number of cyclic esters (lactones) is 1. The van der Waals surface area contributed by atoms with Gasteiger partial charge in [0.2, 0.25) is 0 Å². The molecular formula is C13H15NO4. The maximum absolute atomic E-state index is 11.5. The molecule has 2 rings (SSSR count). The minimum atomic E-state index is -0.484. The van der Waals surface area contributed by atoms with Crippen LogP contribution in [0.5, 0.6) is 0 Å². The average molecular weight is 249 g/mol. The van der Waals surface area contributed by atoms with E-state index < -0.39 is 6.09 Å². The highest BCUT2D eigenvalue weighted by molar-refractivity contribution is 5.71. The summed E-state index contributed by atoms with van der Waals surface area (Å²) in [5.74, 6) is -0.217. The van der Waals surface area contributed by atoms with Crippen LogP contribution < -0.4 is 5.32 Å². The van der Waals surface area contributed by atoms with E-state index in [0.29, 0.717) is 12.8 Å². The van der Waals surface area contributed by atoms with Gasteiger partial charge in [0, 0.05) is 6.42 Å². The predicted octanol–water partition coefficient (Wildman–Crippen LogP) is 1.62. The van der Waals surface area contributed by atoms with Crippen molar-refractivity contribution in [3.8, 4) is 0 Å². The minimum Gasteiger partial charge on any atom is -0.463 e. The first-order valence-electron chi connectivity index (χ1n) is 5.87. The smallest absolute Gasteiger partial charge is 0.407 e. The van der Waals surface area contributed by atoms with Crippen LogP contribution in [0.15, 0.2) is 30.3 Å². The first-order chi connectivity index (χ1) is 8.74. The van der Waals surface area contributed by atoms with Gasteiger partial charge in [-0.25, -0.2) is 4.79 Å². The van der Waals surface area contributed by atoms with Crippen LogP contribution in [0.4, 0.5) is 4.79 Å². The van der Waals surface area contributed by atoms with E-state index in [1.54, 1.807) is 0 Å². The molecule has 18 heavy (non-hydrogen) atoms. The van der Waals surface area contributed by atoms with Crippen LogP contribution in [-0.2, 0) is 20.9 Å². The van der Waals surface area contributed by atoms with Crippen molar-refractivity contribution < 1.29 is 19.1 Å². The van der Waals surface area contributed by atoms with Crippen molar-refractivity contribution in [2.45, 2.75) is 25.5 Å². The van der Waals surface area contributed by atoms with E-state index in [1.165, 1.54) is 0 Å². The van der Waals surface area contributed by atoms with E-state index >= 15 is 0 Å². The molecule has 1 aromatic rings. The summed E-state index contributed by atoms with van der Waals surface area (Å²) in [6.07, 6.45) is 0.449. The van der Waals surface area contributed by atoms with E-state index in [-0.39, 0.29) is 25.2 Å². The molecule has 1 amide bonds. The lowest BCUT2D eigenvalue weighted by molar-refractivity contribution is -0.148. The molecule has 1 aliphatic heterocycles. The van der Waals surface area contributed by atoms with E-state index in [9.17, 15) is 9.59 Å². The molecule has 1 atom stereocenters. The molecule has 0 bridgehead atoms. The van der Waals surface area contributed by atoms with Crippen LogP contribution in [0.2, 0.25) is 0 Å². The number of hydrogen-bond donors (Lipinski definition) is 1. The van der Waals surface area contributed by atoms with Crippen LogP contribution in [0.25, 0.3) is 0 Å². The number of ether oxygens (including phenoxy) is 2. The van der Waals surface area contributed by atoms with E-state index in [0.717, 1.165) is 5.56 Å². The maximum atomic E-state index is 11.5. The minimum absolute atomic E-state index is 0.147. The Labute approximate surface area is 105 Å². The molecule has 1 N–H and O–H groups in total. The number of hydrogen-bond acceptors (Lipinski definition) is 4. The van der Waals surface area contributed by atoms with Crippen LogP contribution in [0, 0.1) is 0 Å². The van der Waals surface area contributed by atoms with Crippen molar-refractivity contribution in [2.75, 3.05) is 6.61 Å². The zero-order valence-electron chi connectivity index (χ0n) is 9.93. The molecule has 0 radical (unpaired) electrons. The summed E-state index contributed by atoms with van der Waals surface area (Å²) in [7, 11) is 0. The van der Waals surface area contributed by atoms with Gasteiger partial charge in [0.1, 0.15) is 13.2 Å². The number of carbonyl (C=O) groups is 2. The summed E-state index contributed by atoms with van der Waals surface area (Å²) in [4.78, 5) is 22.3. The van der Waals surface area contributed by atoms with Crippen LogP contribution >= 0.6 is 0 Å². The second-order valence-corrected chi connectivity index (χ2v) is 4.12. The summed E-state index contributed by atoms with van der Waals surface area (Å²) in [5, 5.41) is 2.67. The second kappa shape index (κ2) is 6.05. The Kier molecular flexibility index (Phi) is 4.17. The number of nitrogens with one attached hydrogen (secondary N) is 1. The third-order valence-corrected chi connectivity index (χ3v) is 2.68. The van der Waals surface area contributed by atoms with Gasteiger partial charge >= 0.3 is 12.1 Å². The van der Waals surface area contributed by atoms with Gasteiger partial charge < -0.3 is 14.8 Å². The number of carbonyl (C=O) groups excluding carboxylic acids is 2. The van der Waals surface area contributed by atoms with Gasteiger partial charge in [-0.1, -0.05) is 30.3 Å². The van der Waals surface area contributed by atoms with Gasteiger partial charge in [0.15, 0.2) is 0 Å². The highest BCUT2D eigenvalue weighted by Gasteiger charge is 2.21. The normalized spacial score (nSPS) is 18.9. The molecule has 0 unspecified atom stereocenters.